The van der Waals surface area contributed by atoms with Crippen molar-refractivity contribution >= 4 is 45.1 Å². The van der Waals surface area contributed by atoms with Gasteiger partial charge in [-0.3, -0.25) is 19.7 Å². The molecule has 5 N–H and O–H groups in total. The maximum atomic E-state index is 15.1. The summed E-state index contributed by atoms with van der Waals surface area (Å²) in [5.41, 5.74) is 4.99. The molecular formula is C31H32F2N4O9S. The molecule has 47 heavy (non-hydrogen) atoms. The number of nitrogens with zero attached hydrogens (tertiary/aromatic N) is 1. The molecule has 0 saturated carbocycles. The maximum absolute atomic E-state index is 15.1. The van der Waals surface area contributed by atoms with Crippen LogP contribution >= 0.6 is 0 Å². The predicted molar refractivity (Wildman–Crippen MR) is 165 cm³/mol. The third-order valence-electron chi connectivity index (χ3n) is 7.78. The van der Waals surface area contributed by atoms with Gasteiger partial charge in [0.25, 0.3) is 0 Å². The molecule has 3 atom stereocenters. The lowest BCUT2D eigenvalue weighted by molar-refractivity contribution is -0.143. The number of hydrogen-bond acceptors (Lipinski definition) is 9. The number of sulfone groups is 1. The zero-order valence-corrected chi connectivity index (χ0v) is 26.3. The second-order valence-electron chi connectivity index (χ2n) is 10.5. The lowest BCUT2D eigenvalue weighted by atomic mass is 9.92. The van der Waals surface area contributed by atoms with E-state index in [1.165, 1.54) is 44.4 Å². The Balaban J connectivity index is 1.92. The lowest BCUT2D eigenvalue weighted by Crippen LogP contribution is -2.40. The van der Waals surface area contributed by atoms with Crippen LogP contribution in [0.25, 0.3) is 0 Å². The Morgan fingerprint density at radius 3 is 2.36 bits per heavy atom. The molecule has 0 aliphatic carbocycles. The minimum atomic E-state index is -4.01. The molecule has 250 valence electrons. The molecule has 1 heterocycles. The maximum Gasteiger partial charge on any atom is 0.411 e. The smallest absolute Gasteiger partial charge is 0.411 e. The summed E-state index contributed by atoms with van der Waals surface area (Å²) in [5, 5.41) is 15.4. The van der Waals surface area contributed by atoms with Gasteiger partial charge in [-0.05, 0) is 66.1 Å². The molecule has 16 heteroatoms. The summed E-state index contributed by atoms with van der Waals surface area (Å²) in [7, 11) is -1.70. The van der Waals surface area contributed by atoms with E-state index in [2.05, 4.69) is 15.4 Å². The Morgan fingerprint density at radius 2 is 1.74 bits per heavy atom. The van der Waals surface area contributed by atoms with Crippen molar-refractivity contribution in [1.82, 2.24) is 4.90 Å². The van der Waals surface area contributed by atoms with Gasteiger partial charge in [0.05, 0.1) is 42.5 Å². The van der Waals surface area contributed by atoms with Gasteiger partial charge in [-0.1, -0.05) is 13.0 Å². The van der Waals surface area contributed by atoms with E-state index < -0.39 is 63.4 Å². The van der Waals surface area contributed by atoms with Gasteiger partial charge in [0, 0.05) is 17.8 Å². The van der Waals surface area contributed by atoms with Crippen LogP contribution in [-0.4, -0.2) is 68.8 Å². The molecule has 1 aliphatic heterocycles. The molecule has 0 radical (unpaired) electrons. The summed E-state index contributed by atoms with van der Waals surface area (Å²) in [6.07, 6.45) is -0.984. The number of ether oxygens (including phenoxy) is 2. The molecule has 1 aliphatic rings. The van der Waals surface area contributed by atoms with Gasteiger partial charge in [0.2, 0.25) is 11.8 Å². The number of rotatable bonds is 11. The average molecular weight is 675 g/mol. The van der Waals surface area contributed by atoms with Crippen molar-refractivity contribution in [2.45, 2.75) is 30.3 Å². The number of likely N-dealkylation sites (tertiary alicyclic amines) is 1. The fourth-order valence-electron chi connectivity index (χ4n) is 5.40. The van der Waals surface area contributed by atoms with E-state index >= 15 is 4.39 Å². The average Bonchev–Trinajstić information content (AvgIpc) is 3.50. The number of anilines is 2. The van der Waals surface area contributed by atoms with Crippen LogP contribution in [-0.2, 0) is 24.2 Å². The van der Waals surface area contributed by atoms with E-state index in [9.17, 15) is 37.1 Å². The second kappa shape index (κ2) is 14.0. The lowest BCUT2D eigenvalue weighted by Gasteiger charge is -2.33. The number of amides is 3. The summed E-state index contributed by atoms with van der Waals surface area (Å²) in [6, 6.07) is 7.42. The molecule has 3 amide bonds. The zero-order valence-electron chi connectivity index (χ0n) is 25.5. The van der Waals surface area contributed by atoms with E-state index in [-0.39, 0.29) is 57.4 Å². The van der Waals surface area contributed by atoms with Crippen molar-refractivity contribution in [2.75, 3.05) is 37.2 Å². The zero-order chi connectivity index (χ0) is 34.6. The molecule has 1 saturated heterocycles. The normalized spacial score (nSPS) is 16.7. The van der Waals surface area contributed by atoms with Crippen molar-refractivity contribution in [3.63, 3.8) is 0 Å². The highest BCUT2D eigenvalue weighted by atomic mass is 32.2. The van der Waals surface area contributed by atoms with Crippen molar-refractivity contribution in [3.8, 4) is 5.75 Å². The first kappa shape index (κ1) is 34.6. The Hall–Kier alpha value is -5.25. The van der Waals surface area contributed by atoms with E-state index in [1.807, 2.05) is 0 Å². The van der Waals surface area contributed by atoms with Gasteiger partial charge in [-0.15, -0.1) is 0 Å². The van der Waals surface area contributed by atoms with Crippen molar-refractivity contribution < 1.29 is 51.0 Å². The first-order chi connectivity index (χ1) is 22.2. The number of halogens is 2. The van der Waals surface area contributed by atoms with Crippen LogP contribution in [0.15, 0.2) is 59.5 Å². The Morgan fingerprint density at radius 1 is 1.04 bits per heavy atom. The van der Waals surface area contributed by atoms with Crippen molar-refractivity contribution in [3.05, 3.63) is 82.9 Å². The standard InChI is InChI=1S/C31H32F2N4O9S/c1-4-47(43,44)25-10-7-18(35-31(42)46-3)15-20(25)27-19(30(40)41)11-12-37(27)29(39)26(16-5-9-22(33)24(14-16)45-2)36-23-13-17(28(34)38)6-8-21(23)32/h5-10,13-15,19,26-27,36H,4,11-12H2,1-3H3,(H2,34,38)(H,35,42)(H,40,41)/t19?,26?,27-/m1/s1. The Bertz CT molecular complexity index is 1840. The predicted octanol–water partition coefficient (Wildman–Crippen LogP) is 3.87. The van der Waals surface area contributed by atoms with E-state index in [1.54, 1.807) is 0 Å². The fraction of sp³-hybridized carbons (Fsp3) is 0.290. The number of primary amides is 1. The number of carboxylic acid groups (broad SMARTS) is 1. The van der Waals surface area contributed by atoms with E-state index in [0.717, 1.165) is 36.3 Å². The number of hydrogen-bond donors (Lipinski definition) is 4. The first-order valence-electron chi connectivity index (χ1n) is 14.2. The van der Waals surface area contributed by atoms with E-state index in [0.29, 0.717) is 0 Å². The molecule has 4 rings (SSSR count). The summed E-state index contributed by atoms with van der Waals surface area (Å²) >= 11 is 0. The third-order valence-corrected chi connectivity index (χ3v) is 9.58. The van der Waals surface area contributed by atoms with Crippen LogP contribution < -0.4 is 21.1 Å². The van der Waals surface area contributed by atoms with Gasteiger partial charge in [0.1, 0.15) is 11.9 Å². The van der Waals surface area contributed by atoms with Gasteiger partial charge in [0.15, 0.2) is 21.4 Å². The highest BCUT2D eigenvalue weighted by Gasteiger charge is 2.46. The van der Waals surface area contributed by atoms with Crippen LogP contribution in [0.1, 0.15) is 46.9 Å². The number of carbonyl (C=O) groups excluding carboxylic acids is 3. The van der Waals surface area contributed by atoms with Crippen molar-refractivity contribution in [2.24, 2.45) is 11.7 Å². The minimum Gasteiger partial charge on any atom is -0.494 e. The monoisotopic (exact) mass is 674 g/mol. The van der Waals surface area contributed by atoms with Gasteiger partial charge >= 0.3 is 12.1 Å². The quantitative estimate of drug-likeness (QED) is 0.232. The van der Waals surface area contributed by atoms with Crippen LogP contribution in [0, 0.1) is 17.6 Å². The summed E-state index contributed by atoms with van der Waals surface area (Å²) in [5.74, 6) is -6.62. The minimum absolute atomic E-state index is 0.0635. The third kappa shape index (κ3) is 7.27. The molecule has 0 spiro atoms. The number of carboxylic acids is 1. The SMILES string of the molecule is CCS(=O)(=O)c1ccc(NC(=O)OC)cc1[C@H]1C(C(=O)O)CCN1C(=O)C(Nc1cc(C(N)=O)ccc1F)c1ccc(F)c(OC)c1. The van der Waals surface area contributed by atoms with Gasteiger partial charge < -0.3 is 30.5 Å². The van der Waals surface area contributed by atoms with Crippen molar-refractivity contribution in [1.29, 1.82) is 0 Å². The Kier molecular flexibility index (Phi) is 10.3. The largest absolute Gasteiger partial charge is 0.494 e. The molecular weight excluding hydrogens is 642 g/mol. The molecule has 2 unspecified atom stereocenters. The van der Waals surface area contributed by atoms with Gasteiger partial charge in [-0.25, -0.2) is 22.0 Å². The number of aliphatic carboxylic acids is 1. The number of methoxy groups -OCH3 is 2. The summed E-state index contributed by atoms with van der Waals surface area (Å²) in [6.45, 7) is 1.21. The molecule has 3 aromatic carbocycles. The number of carbonyl (C=O) groups is 4. The Labute approximate surface area is 268 Å². The second-order valence-corrected chi connectivity index (χ2v) is 12.8. The van der Waals surface area contributed by atoms with Gasteiger partial charge in [-0.2, -0.15) is 0 Å². The topological polar surface area (TPSA) is 194 Å². The molecule has 13 nitrogen and oxygen atoms in total. The van der Waals surface area contributed by atoms with Crippen LogP contribution in [0.3, 0.4) is 0 Å². The summed E-state index contributed by atoms with van der Waals surface area (Å²) in [4.78, 5) is 51.8. The van der Waals surface area contributed by atoms with Crippen LogP contribution in [0.5, 0.6) is 5.75 Å². The van der Waals surface area contributed by atoms with E-state index in [4.69, 9.17) is 10.5 Å². The number of benzene rings is 3. The molecule has 3 aromatic rings. The highest BCUT2D eigenvalue weighted by molar-refractivity contribution is 7.91. The van der Waals surface area contributed by atoms with Crippen LogP contribution in [0.4, 0.5) is 25.0 Å². The first-order valence-corrected chi connectivity index (χ1v) is 15.8. The number of nitrogens with two attached hydrogens (primary N) is 1. The molecule has 0 aromatic heterocycles. The molecule has 1 fully saturated rings. The summed E-state index contributed by atoms with van der Waals surface area (Å²) < 4.78 is 65.7. The van der Waals surface area contributed by atoms with Crippen LogP contribution in [0.2, 0.25) is 0 Å². The number of nitrogens with one attached hydrogen (secondary N) is 2. The molecule has 0 bridgehead atoms. The highest BCUT2D eigenvalue weighted by Crippen LogP contribution is 2.43. The fourth-order valence-corrected chi connectivity index (χ4v) is 6.53.